The molecule has 8 heteroatoms. The van der Waals surface area contributed by atoms with Crippen LogP contribution in [0.3, 0.4) is 0 Å². The van der Waals surface area contributed by atoms with Crippen molar-refractivity contribution in [3.05, 3.63) is 70.8 Å². The van der Waals surface area contributed by atoms with Crippen LogP contribution in [-0.2, 0) is 14.3 Å². The zero-order chi connectivity index (χ0) is 23.4. The average Bonchev–Trinajstić information content (AvgIpc) is 3.06. The number of aliphatic hydroxyl groups excluding tert-OH is 1. The Kier molecular flexibility index (Phi) is 6.95. The van der Waals surface area contributed by atoms with Crippen molar-refractivity contribution in [1.82, 2.24) is 9.80 Å². The molecule has 0 aromatic heterocycles. The number of ketones is 1. The first kappa shape index (κ1) is 23.0. The van der Waals surface area contributed by atoms with E-state index in [9.17, 15) is 19.5 Å². The Morgan fingerprint density at radius 2 is 1.75 bits per heavy atom. The van der Waals surface area contributed by atoms with Crippen molar-refractivity contribution in [2.45, 2.75) is 6.04 Å². The first-order valence-electron chi connectivity index (χ1n) is 10.0. The summed E-state index contributed by atoms with van der Waals surface area (Å²) in [6, 6.07) is 12.3. The molecule has 1 aliphatic heterocycles. The SMILES string of the molecule is COC(=O)c1ccc([C@H]2C(=C(O)c3cccc(OC)c3)C(=O)C(=O)N2CCN(C)C)cc1. The van der Waals surface area contributed by atoms with E-state index in [0.717, 1.165) is 0 Å². The maximum atomic E-state index is 13.0. The normalized spacial score (nSPS) is 17.7. The molecule has 0 unspecified atom stereocenters. The maximum absolute atomic E-state index is 13.0. The van der Waals surface area contributed by atoms with Gasteiger partial charge in [-0.1, -0.05) is 24.3 Å². The Morgan fingerprint density at radius 1 is 1.06 bits per heavy atom. The topological polar surface area (TPSA) is 96.4 Å². The highest BCUT2D eigenvalue weighted by Gasteiger charge is 2.45. The second kappa shape index (κ2) is 9.65. The van der Waals surface area contributed by atoms with Crippen LogP contribution in [0.4, 0.5) is 0 Å². The van der Waals surface area contributed by atoms with Gasteiger partial charge >= 0.3 is 5.97 Å². The van der Waals surface area contributed by atoms with Gasteiger partial charge in [0.25, 0.3) is 11.7 Å². The van der Waals surface area contributed by atoms with Crippen LogP contribution in [0.5, 0.6) is 5.75 Å². The number of hydrogen-bond acceptors (Lipinski definition) is 7. The number of carbonyl (C=O) groups is 3. The highest BCUT2D eigenvalue weighted by molar-refractivity contribution is 6.46. The van der Waals surface area contributed by atoms with Crippen molar-refractivity contribution in [2.75, 3.05) is 41.4 Å². The summed E-state index contributed by atoms with van der Waals surface area (Å²) in [5.41, 5.74) is 1.30. The number of hydrogen-bond donors (Lipinski definition) is 1. The van der Waals surface area contributed by atoms with Crippen molar-refractivity contribution in [3.8, 4) is 5.75 Å². The van der Waals surface area contributed by atoms with Crippen LogP contribution in [0.2, 0.25) is 0 Å². The predicted octanol–water partition coefficient (Wildman–Crippen LogP) is 2.47. The minimum absolute atomic E-state index is 0.00664. The Labute approximate surface area is 186 Å². The van der Waals surface area contributed by atoms with Gasteiger partial charge in [-0.2, -0.15) is 0 Å². The molecule has 3 rings (SSSR count). The second-order valence-corrected chi connectivity index (χ2v) is 7.64. The van der Waals surface area contributed by atoms with E-state index >= 15 is 0 Å². The summed E-state index contributed by atoms with van der Waals surface area (Å²) in [6.45, 7) is 0.818. The van der Waals surface area contributed by atoms with Crippen LogP contribution in [0.25, 0.3) is 5.76 Å². The summed E-state index contributed by atoms with van der Waals surface area (Å²) in [7, 11) is 6.53. The first-order valence-corrected chi connectivity index (χ1v) is 10.0. The average molecular weight is 438 g/mol. The van der Waals surface area contributed by atoms with Gasteiger partial charge < -0.3 is 24.4 Å². The Hall–Kier alpha value is -3.65. The second-order valence-electron chi connectivity index (χ2n) is 7.64. The van der Waals surface area contributed by atoms with Crippen LogP contribution in [-0.4, -0.2) is 74.0 Å². The maximum Gasteiger partial charge on any atom is 0.337 e. The van der Waals surface area contributed by atoms with Gasteiger partial charge in [0.15, 0.2) is 0 Å². The molecule has 0 spiro atoms. The third kappa shape index (κ3) is 4.50. The van der Waals surface area contributed by atoms with Crippen molar-refractivity contribution < 1.29 is 29.0 Å². The summed E-state index contributed by atoms with van der Waals surface area (Å²) in [5.74, 6) is -1.70. The van der Waals surface area contributed by atoms with Gasteiger partial charge in [0.2, 0.25) is 0 Å². The number of carbonyl (C=O) groups excluding carboxylic acids is 3. The molecule has 1 heterocycles. The molecule has 1 aliphatic rings. The van der Waals surface area contributed by atoms with Crippen molar-refractivity contribution in [3.63, 3.8) is 0 Å². The molecule has 1 amide bonds. The quantitative estimate of drug-likeness (QED) is 0.307. The van der Waals surface area contributed by atoms with Gasteiger partial charge in [-0.15, -0.1) is 0 Å². The number of likely N-dealkylation sites (tertiary alicyclic amines) is 1. The van der Waals surface area contributed by atoms with Crippen molar-refractivity contribution in [2.24, 2.45) is 0 Å². The monoisotopic (exact) mass is 438 g/mol. The molecule has 0 bridgehead atoms. The third-order valence-electron chi connectivity index (χ3n) is 5.32. The van der Waals surface area contributed by atoms with E-state index < -0.39 is 23.7 Å². The molecule has 0 aliphatic carbocycles. The molecule has 1 saturated heterocycles. The number of likely N-dealkylation sites (N-methyl/N-ethyl adjacent to an activating group) is 1. The van der Waals surface area contributed by atoms with Crippen molar-refractivity contribution in [1.29, 1.82) is 0 Å². The van der Waals surface area contributed by atoms with Gasteiger partial charge in [0, 0.05) is 18.7 Å². The van der Waals surface area contributed by atoms with Gasteiger partial charge in [0.05, 0.1) is 31.4 Å². The standard InChI is InChI=1S/C24H26N2O6/c1-25(2)12-13-26-20(15-8-10-16(11-9-15)24(30)32-4)19(22(28)23(26)29)21(27)17-6-5-7-18(14-17)31-3/h5-11,14,20,27H,12-13H2,1-4H3/t20-/m0/s1. The molecule has 2 aromatic carbocycles. The van der Waals surface area contributed by atoms with Gasteiger partial charge in [-0.05, 0) is 43.9 Å². The summed E-state index contributed by atoms with van der Waals surface area (Å²) in [6.07, 6.45) is 0. The highest BCUT2D eigenvalue weighted by atomic mass is 16.5. The lowest BCUT2D eigenvalue weighted by Crippen LogP contribution is -2.35. The molecule has 1 fully saturated rings. The van der Waals surface area contributed by atoms with Crippen molar-refractivity contribution >= 4 is 23.4 Å². The lowest BCUT2D eigenvalue weighted by Gasteiger charge is -2.26. The number of Topliss-reactive ketones (excluding diaryl/α,β-unsaturated/α-hetero) is 1. The minimum Gasteiger partial charge on any atom is -0.507 e. The summed E-state index contributed by atoms with van der Waals surface area (Å²) < 4.78 is 9.95. The highest BCUT2D eigenvalue weighted by Crippen LogP contribution is 2.39. The van der Waals surface area contributed by atoms with Crippen LogP contribution in [0, 0.1) is 0 Å². The minimum atomic E-state index is -0.798. The number of amides is 1. The van der Waals surface area contributed by atoms with Gasteiger partial charge in [0.1, 0.15) is 11.5 Å². The number of aliphatic hydroxyl groups is 1. The molecule has 32 heavy (non-hydrogen) atoms. The smallest absolute Gasteiger partial charge is 0.337 e. The van der Waals surface area contributed by atoms with E-state index in [2.05, 4.69) is 0 Å². The van der Waals surface area contributed by atoms with Crippen LogP contribution in [0.15, 0.2) is 54.1 Å². The van der Waals surface area contributed by atoms with E-state index in [1.807, 2.05) is 19.0 Å². The number of benzene rings is 2. The lowest BCUT2D eigenvalue weighted by molar-refractivity contribution is -0.140. The lowest BCUT2D eigenvalue weighted by atomic mass is 9.94. The predicted molar refractivity (Wildman–Crippen MR) is 118 cm³/mol. The fraction of sp³-hybridized carbons (Fsp3) is 0.292. The Bertz CT molecular complexity index is 1060. The molecule has 1 atom stereocenters. The van der Waals surface area contributed by atoms with E-state index in [0.29, 0.717) is 29.0 Å². The molecule has 168 valence electrons. The summed E-state index contributed by atoms with van der Waals surface area (Å²) >= 11 is 0. The van der Waals surface area contributed by atoms with E-state index in [4.69, 9.17) is 9.47 Å². The molecule has 0 radical (unpaired) electrons. The third-order valence-corrected chi connectivity index (χ3v) is 5.32. The van der Waals surface area contributed by atoms with E-state index in [-0.39, 0.29) is 17.9 Å². The number of nitrogens with zero attached hydrogens (tertiary/aromatic N) is 2. The zero-order valence-electron chi connectivity index (χ0n) is 18.5. The van der Waals surface area contributed by atoms with Crippen LogP contribution >= 0.6 is 0 Å². The van der Waals surface area contributed by atoms with Gasteiger partial charge in [-0.3, -0.25) is 9.59 Å². The number of esters is 1. The largest absolute Gasteiger partial charge is 0.507 e. The molecular formula is C24H26N2O6. The Balaban J connectivity index is 2.13. The first-order chi connectivity index (χ1) is 15.3. The molecule has 2 aromatic rings. The molecule has 8 nitrogen and oxygen atoms in total. The van der Waals surface area contributed by atoms with E-state index in [1.54, 1.807) is 48.5 Å². The fourth-order valence-corrected chi connectivity index (χ4v) is 3.61. The van der Waals surface area contributed by atoms with E-state index in [1.165, 1.54) is 19.1 Å². The van der Waals surface area contributed by atoms with Crippen LogP contribution < -0.4 is 4.74 Å². The summed E-state index contributed by atoms with van der Waals surface area (Å²) in [5, 5.41) is 11.1. The van der Waals surface area contributed by atoms with Gasteiger partial charge in [-0.25, -0.2) is 4.79 Å². The Morgan fingerprint density at radius 3 is 2.34 bits per heavy atom. The molecule has 1 N–H and O–H groups in total. The molecular weight excluding hydrogens is 412 g/mol. The number of rotatable bonds is 7. The fourth-order valence-electron chi connectivity index (χ4n) is 3.61. The number of ether oxygens (including phenoxy) is 2. The number of methoxy groups -OCH3 is 2. The zero-order valence-corrected chi connectivity index (χ0v) is 18.5. The summed E-state index contributed by atoms with van der Waals surface area (Å²) in [4.78, 5) is 41.1. The molecule has 0 saturated carbocycles. The van der Waals surface area contributed by atoms with Crippen LogP contribution in [0.1, 0.15) is 27.5 Å².